The van der Waals surface area contributed by atoms with Gasteiger partial charge in [0.15, 0.2) is 11.0 Å². The van der Waals surface area contributed by atoms with Gasteiger partial charge in [0, 0.05) is 46.4 Å². The summed E-state index contributed by atoms with van der Waals surface area (Å²) < 4.78 is 0. The molecule has 1 fully saturated rings. The lowest BCUT2D eigenvalue weighted by Gasteiger charge is -2.39. The van der Waals surface area contributed by atoms with Crippen molar-refractivity contribution < 1.29 is 0 Å². The normalized spacial score (nSPS) is 15.0. The molecule has 3 heterocycles. The van der Waals surface area contributed by atoms with Crippen molar-refractivity contribution in [3.8, 4) is 0 Å². The molecule has 1 spiro atoms. The molecule has 1 saturated heterocycles. The van der Waals surface area contributed by atoms with Crippen LogP contribution in [0.3, 0.4) is 0 Å². The molecular formula is C34H59N9S. The molecular weight excluding hydrogens is 567 g/mol. The molecule has 0 amide bonds. The second-order valence-corrected chi connectivity index (χ2v) is 12.6. The summed E-state index contributed by atoms with van der Waals surface area (Å²) in [5.74, 6) is 1.68. The average Bonchev–Trinajstić information content (AvgIpc) is 3.62. The number of H-pyrrole nitrogens is 1. The number of fused-ring (bicyclic) bond motifs is 2. The van der Waals surface area contributed by atoms with Crippen LogP contribution < -0.4 is 16.8 Å². The van der Waals surface area contributed by atoms with E-state index >= 15 is 0 Å². The summed E-state index contributed by atoms with van der Waals surface area (Å²) in [5, 5.41) is 11.7. The Morgan fingerprint density at radius 1 is 1.00 bits per heavy atom. The van der Waals surface area contributed by atoms with Gasteiger partial charge in [-0.1, -0.05) is 53.4 Å². The van der Waals surface area contributed by atoms with Crippen LogP contribution in [0.5, 0.6) is 0 Å². The van der Waals surface area contributed by atoms with Crippen molar-refractivity contribution in [3.05, 3.63) is 47.3 Å². The van der Waals surface area contributed by atoms with Gasteiger partial charge in [-0.15, -0.1) is 0 Å². The number of nitrogen functional groups attached to an aromatic ring is 1. The van der Waals surface area contributed by atoms with E-state index in [1.54, 1.807) is 11.8 Å². The third kappa shape index (κ3) is 11.1. The fourth-order valence-corrected chi connectivity index (χ4v) is 6.30. The predicted octanol–water partition coefficient (Wildman–Crippen LogP) is 7.01. The van der Waals surface area contributed by atoms with E-state index in [0.717, 1.165) is 84.9 Å². The van der Waals surface area contributed by atoms with Crippen LogP contribution in [0.15, 0.2) is 40.4 Å². The number of nitrogens with two attached hydrogens (primary N) is 2. The number of nitrogens with zero attached hydrogens (tertiary/aromatic N) is 5. The summed E-state index contributed by atoms with van der Waals surface area (Å²) in [6.45, 7) is 14.9. The fourth-order valence-electron chi connectivity index (χ4n) is 5.55. The highest BCUT2D eigenvalue weighted by Gasteiger charge is 2.44. The largest absolute Gasteiger partial charge is 0.399 e. The molecule has 1 aliphatic carbocycles. The Morgan fingerprint density at radius 3 is 2.18 bits per heavy atom. The number of aryl methyl sites for hydroxylation is 1. The molecule has 2 aliphatic rings. The standard InChI is InChI=1S/C25H34N8S.C6H14.C2H6.CH5N/c1-17-16-21(31-30-17)27-23-20-8-9-25(10-12-33(13-11-25)15-14-32(2)3)22(20)28-24(29-23)34-19-6-4-18(26)5-7-19;1-3-5-6-4-2;2*1-2/h4-7,16H,8-15,26H2,1-3H3,(H2,27,28,29,30,31);3-6H2,1-2H3;1-2H3;2H2,1H3. The number of aromatic amines is 1. The highest BCUT2D eigenvalue weighted by Crippen LogP contribution is 2.48. The van der Waals surface area contributed by atoms with E-state index in [0.29, 0.717) is 0 Å². The van der Waals surface area contributed by atoms with Gasteiger partial charge in [-0.05, 0) is 103 Å². The zero-order valence-electron chi connectivity index (χ0n) is 28.7. The molecule has 1 aromatic carbocycles. The molecule has 9 nitrogen and oxygen atoms in total. The molecule has 6 N–H and O–H groups in total. The van der Waals surface area contributed by atoms with Crippen LogP contribution in [0.4, 0.5) is 17.3 Å². The Bertz CT molecular complexity index is 1200. The predicted molar refractivity (Wildman–Crippen MR) is 189 cm³/mol. The van der Waals surface area contributed by atoms with E-state index in [-0.39, 0.29) is 5.41 Å². The minimum absolute atomic E-state index is 0.140. The van der Waals surface area contributed by atoms with Crippen LogP contribution in [-0.2, 0) is 11.8 Å². The summed E-state index contributed by atoms with van der Waals surface area (Å²) in [6.07, 6.45) is 9.98. The van der Waals surface area contributed by atoms with E-state index in [4.69, 9.17) is 15.7 Å². The van der Waals surface area contributed by atoms with Crippen molar-refractivity contribution in [3.63, 3.8) is 0 Å². The molecule has 0 radical (unpaired) electrons. The second-order valence-electron chi connectivity index (χ2n) is 11.5. The first-order valence-corrected chi connectivity index (χ1v) is 17.3. The number of hydrogen-bond donors (Lipinski definition) is 4. The number of rotatable bonds is 10. The highest BCUT2D eigenvalue weighted by molar-refractivity contribution is 7.99. The maximum Gasteiger partial charge on any atom is 0.194 e. The molecule has 2 aromatic heterocycles. The van der Waals surface area contributed by atoms with Gasteiger partial charge in [0.1, 0.15) is 5.82 Å². The molecule has 10 heteroatoms. The van der Waals surface area contributed by atoms with Crippen molar-refractivity contribution in [1.29, 1.82) is 0 Å². The first kappa shape index (κ1) is 37.5. The number of aromatic nitrogens is 4. The van der Waals surface area contributed by atoms with E-state index in [2.05, 4.69) is 59.0 Å². The van der Waals surface area contributed by atoms with Gasteiger partial charge in [-0.2, -0.15) is 5.10 Å². The minimum Gasteiger partial charge on any atom is -0.399 e. The molecule has 0 saturated carbocycles. The second kappa shape index (κ2) is 19.7. The molecule has 3 aromatic rings. The summed E-state index contributed by atoms with van der Waals surface area (Å²) >= 11 is 1.59. The van der Waals surface area contributed by atoms with Crippen LogP contribution in [0, 0.1) is 6.92 Å². The summed E-state index contributed by atoms with van der Waals surface area (Å²) in [5.41, 5.74) is 14.8. The zero-order chi connectivity index (χ0) is 32.5. The van der Waals surface area contributed by atoms with Crippen molar-refractivity contribution >= 4 is 29.1 Å². The number of piperidine rings is 1. The first-order chi connectivity index (χ1) is 21.3. The Kier molecular flexibility index (Phi) is 16.8. The van der Waals surface area contributed by atoms with E-state index in [1.807, 2.05) is 51.1 Å². The van der Waals surface area contributed by atoms with E-state index < -0.39 is 0 Å². The van der Waals surface area contributed by atoms with E-state index in [1.165, 1.54) is 44.0 Å². The van der Waals surface area contributed by atoms with E-state index in [9.17, 15) is 0 Å². The maximum atomic E-state index is 5.88. The lowest BCUT2D eigenvalue weighted by Crippen LogP contribution is -2.44. The van der Waals surface area contributed by atoms with Crippen LogP contribution in [0.1, 0.15) is 89.6 Å². The quantitative estimate of drug-likeness (QED) is 0.107. The van der Waals surface area contributed by atoms with Crippen LogP contribution >= 0.6 is 11.8 Å². The van der Waals surface area contributed by atoms with Crippen LogP contribution in [-0.4, -0.2) is 77.3 Å². The van der Waals surface area contributed by atoms with Gasteiger partial charge in [-0.3, -0.25) is 5.10 Å². The number of likely N-dealkylation sites (tertiary alicyclic amines) is 1. The lowest BCUT2D eigenvalue weighted by atomic mass is 9.76. The topological polar surface area (TPSA) is 125 Å². The van der Waals surface area contributed by atoms with Gasteiger partial charge < -0.3 is 26.6 Å². The number of anilines is 3. The van der Waals surface area contributed by atoms with Gasteiger partial charge in [0.05, 0.1) is 5.69 Å². The zero-order valence-corrected chi connectivity index (χ0v) is 29.5. The first-order valence-electron chi connectivity index (χ1n) is 16.5. The SMILES string of the molecule is CC.CCCCCC.CN.Cc1cc(Nc2nc(Sc3ccc(N)cc3)nc3c2CCC32CCN(CCN(C)C)CC2)n[nH]1. The van der Waals surface area contributed by atoms with Gasteiger partial charge in [0.2, 0.25) is 0 Å². The Balaban J connectivity index is 0.000000597. The van der Waals surface area contributed by atoms with Crippen molar-refractivity contribution in [2.75, 3.05) is 58.4 Å². The van der Waals surface area contributed by atoms with Crippen molar-refractivity contribution in [1.82, 2.24) is 30.0 Å². The number of likely N-dealkylation sites (N-methyl/N-ethyl adjacent to an activating group) is 1. The minimum atomic E-state index is 0.140. The Labute approximate surface area is 271 Å². The molecule has 5 rings (SSSR count). The third-order valence-corrected chi connectivity index (χ3v) is 8.89. The number of nitrogens with one attached hydrogen (secondary N) is 2. The van der Waals surface area contributed by atoms with Crippen molar-refractivity contribution in [2.24, 2.45) is 5.73 Å². The molecule has 0 bridgehead atoms. The fraction of sp³-hybridized carbons (Fsp3) is 0.618. The van der Waals surface area contributed by atoms with Crippen molar-refractivity contribution in [2.45, 2.75) is 101 Å². The molecule has 0 atom stereocenters. The Hall–Kier alpha value is -2.66. The average molecular weight is 626 g/mol. The van der Waals surface area contributed by atoms with Crippen LogP contribution in [0.25, 0.3) is 0 Å². The summed E-state index contributed by atoms with van der Waals surface area (Å²) in [7, 11) is 5.79. The molecule has 44 heavy (non-hydrogen) atoms. The number of benzene rings is 1. The molecule has 1 aliphatic heterocycles. The Morgan fingerprint density at radius 2 is 1.64 bits per heavy atom. The highest BCUT2D eigenvalue weighted by atomic mass is 32.2. The lowest BCUT2D eigenvalue weighted by molar-refractivity contribution is 0.146. The van der Waals surface area contributed by atoms with Gasteiger partial charge in [0.25, 0.3) is 0 Å². The summed E-state index contributed by atoms with van der Waals surface area (Å²) in [6, 6.07) is 9.91. The van der Waals surface area contributed by atoms with Crippen LogP contribution in [0.2, 0.25) is 0 Å². The smallest absolute Gasteiger partial charge is 0.194 e. The number of hydrogen-bond acceptors (Lipinski definition) is 9. The third-order valence-electron chi connectivity index (χ3n) is 8.02. The maximum absolute atomic E-state index is 5.88. The monoisotopic (exact) mass is 625 g/mol. The molecule has 246 valence electrons. The summed E-state index contributed by atoms with van der Waals surface area (Å²) in [4.78, 5) is 16.1. The van der Waals surface area contributed by atoms with Gasteiger partial charge >= 0.3 is 0 Å². The van der Waals surface area contributed by atoms with Gasteiger partial charge in [-0.25, -0.2) is 9.97 Å². The molecule has 0 unspecified atom stereocenters. The number of unbranched alkanes of at least 4 members (excludes halogenated alkanes) is 3.